The molecular weight excluding hydrogens is 216 g/mol. The largest absolute Gasteiger partial charge is 0.488 e. The van der Waals surface area contributed by atoms with Gasteiger partial charge in [-0.05, 0) is 24.6 Å². The van der Waals surface area contributed by atoms with Crippen molar-refractivity contribution in [3.63, 3.8) is 0 Å². The fraction of sp³-hybridized carbons (Fsp3) is 0.182. The number of halogens is 1. The van der Waals surface area contributed by atoms with Crippen LogP contribution in [-0.2, 0) is 0 Å². The van der Waals surface area contributed by atoms with E-state index in [4.69, 9.17) is 21.4 Å². The summed E-state index contributed by atoms with van der Waals surface area (Å²) in [5, 5.41) is 8.87. The lowest BCUT2D eigenvalue weighted by Crippen LogP contribution is -2.04. The van der Waals surface area contributed by atoms with Crippen LogP contribution in [0.5, 0.6) is 5.75 Å². The quantitative estimate of drug-likeness (QED) is 0.859. The third-order valence-electron chi connectivity index (χ3n) is 1.76. The van der Waals surface area contributed by atoms with E-state index in [0.717, 1.165) is 5.57 Å². The van der Waals surface area contributed by atoms with Gasteiger partial charge in [-0.25, -0.2) is 4.79 Å². The topological polar surface area (TPSA) is 46.5 Å². The molecule has 0 heterocycles. The molecule has 3 nitrogen and oxygen atoms in total. The van der Waals surface area contributed by atoms with Crippen molar-refractivity contribution in [2.75, 3.05) is 6.61 Å². The highest BCUT2D eigenvalue weighted by Crippen LogP contribution is 2.18. The molecule has 0 bridgehead atoms. The molecule has 15 heavy (non-hydrogen) atoms. The Morgan fingerprint density at radius 2 is 2.20 bits per heavy atom. The van der Waals surface area contributed by atoms with Crippen molar-refractivity contribution in [2.45, 2.75) is 6.92 Å². The monoisotopic (exact) mass is 226 g/mol. The molecule has 1 rings (SSSR count). The lowest BCUT2D eigenvalue weighted by molar-refractivity contribution is 0.0692. The Morgan fingerprint density at radius 1 is 1.53 bits per heavy atom. The Morgan fingerprint density at radius 3 is 2.80 bits per heavy atom. The van der Waals surface area contributed by atoms with Crippen LogP contribution < -0.4 is 4.74 Å². The molecule has 0 spiro atoms. The molecule has 1 aromatic rings. The van der Waals surface area contributed by atoms with E-state index in [1.54, 1.807) is 25.1 Å². The molecule has 0 saturated carbocycles. The van der Waals surface area contributed by atoms with Crippen molar-refractivity contribution in [3.05, 3.63) is 40.9 Å². The van der Waals surface area contributed by atoms with Gasteiger partial charge in [0.1, 0.15) is 17.9 Å². The van der Waals surface area contributed by atoms with Crippen molar-refractivity contribution >= 4 is 17.6 Å². The summed E-state index contributed by atoms with van der Waals surface area (Å²) in [4.78, 5) is 10.8. The van der Waals surface area contributed by atoms with Gasteiger partial charge in [-0.1, -0.05) is 23.7 Å². The van der Waals surface area contributed by atoms with Gasteiger partial charge in [0, 0.05) is 5.54 Å². The van der Waals surface area contributed by atoms with Gasteiger partial charge in [0.2, 0.25) is 0 Å². The zero-order valence-corrected chi connectivity index (χ0v) is 8.99. The van der Waals surface area contributed by atoms with Crippen LogP contribution in [0.2, 0.25) is 0 Å². The van der Waals surface area contributed by atoms with E-state index in [1.807, 2.05) is 0 Å². The number of aromatic carboxylic acids is 1. The third kappa shape index (κ3) is 3.29. The van der Waals surface area contributed by atoms with E-state index in [9.17, 15) is 4.79 Å². The maximum Gasteiger partial charge on any atom is 0.339 e. The van der Waals surface area contributed by atoms with Crippen LogP contribution in [0.1, 0.15) is 17.3 Å². The SMILES string of the molecule is C/C(=C/Cl)COc1ccccc1C(=O)O. The Bertz CT molecular complexity index is 385. The first kappa shape index (κ1) is 11.6. The molecule has 0 amide bonds. The van der Waals surface area contributed by atoms with E-state index in [0.29, 0.717) is 5.75 Å². The van der Waals surface area contributed by atoms with Crippen LogP contribution in [0, 0.1) is 0 Å². The molecule has 0 aliphatic carbocycles. The van der Waals surface area contributed by atoms with E-state index in [2.05, 4.69) is 0 Å². The number of benzene rings is 1. The molecule has 0 aliphatic heterocycles. The minimum Gasteiger partial charge on any atom is -0.488 e. The number of carboxylic acids is 1. The number of para-hydroxylation sites is 1. The van der Waals surface area contributed by atoms with Crippen LogP contribution in [0.15, 0.2) is 35.4 Å². The van der Waals surface area contributed by atoms with Crippen LogP contribution in [-0.4, -0.2) is 17.7 Å². The molecule has 4 heteroatoms. The molecule has 80 valence electrons. The van der Waals surface area contributed by atoms with Crippen molar-refractivity contribution in [1.29, 1.82) is 0 Å². The second kappa shape index (κ2) is 5.41. The van der Waals surface area contributed by atoms with Crippen LogP contribution in [0.4, 0.5) is 0 Å². The molecule has 0 atom stereocenters. The predicted molar refractivity (Wildman–Crippen MR) is 58.5 cm³/mol. The fourth-order valence-corrected chi connectivity index (χ4v) is 1.06. The van der Waals surface area contributed by atoms with Crippen LogP contribution in [0.25, 0.3) is 0 Å². The van der Waals surface area contributed by atoms with Gasteiger partial charge in [-0.3, -0.25) is 0 Å². The third-order valence-corrected chi connectivity index (χ3v) is 2.13. The Kier molecular flexibility index (Phi) is 4.18. The smallest absolute Gasteiger partial charge is 0.339 e. The highest BCUT2D eigenvalue weighted by molar-refractivity contribution is 6.25. The summed E-state index contributed by atoms with van der Waals surface area (Å²) in [7, 11) is 0. The molecule has 0 unspecified atom stereocenters. The van der Waals surface area contributed by atoms with E-state index >= 15 is 0 Å². The first-order chi connectivity index (χ1) is 7.15. The first-order valence-corrected chi connectivity index (χ1v) is 4.79. The summed E-state index contributed by atoms with van der Waals surface area (Å²) in [6.07, 6.45) is 0. The Labute approximate surface area is 92.9 Å². The molecule has 0 fully saturated rings. The molecule has 0 radical (unpaired) electrons. The lowest BCUT2D eigenvalue weighted by atomic mass is 10.2. The number of ether oxygens (including phenoxy) is 1. The molecule has 0 aromatic heterocycles. The number of hydrogen-bond donors (Lipinski definition) is 1. The standard InChI is InChI=1S/C11H11ClO3/c1-8(6-12)7-15-10-5-3-2-4-9(10)11(13)14/h2-6H,7H2,1H3,(H,13,14)/b8-6-. The second-order valence-corrected chi connectivity index (χ2v) is 3.26. The number of carboxylic acid groups (broad SMARTS) is 1. The number of hydrogen-bond acceptors (Lipinski definition) is 2. The van der Waals surface area contributed by atoms with E-state index in [-0.39, 0.29) is 12.2 Å². The van der Waals surface area contributed by atoms with Gasteiger partial charge in [0.05, 0.1) is 0 Å². The summed E-state index contributed by atoms with van der Waals surface area (Å²) in [6, 6.07) is 6.49. The average molecular weight is 227 g/mol. The van der Waals surface area contributed by atoms with Crippen LogP contribution in [0.3, 0.4) is 0 Å². The van der Waals surface area contributed by atoms with Gasteiger partial charge in [-0.2, -0.15) is 0 Å². The molecular formula is C11H11ClO3. The van der Waals surface area contributed by atoms with Gasteiger partial charge >= 0.3 is 5.97 Å². The molecule has 0 aliphatic rings. The van der Waals surface area contributed by atoms with Gasteiger partial charge in [0.15, 0.2) is 0 Å². The normalized spacial score (nSPS) is 11.2. The minimum absolute atomic E-state index is 0.153. The Hall–Kier alpha value is -1.48. The van der Waals surface area contributed by atoms with Crippen molar-refractivity contribution in [3.8, 4) is 5.75 Å². The van der Waals surface area contributed by atoms with Gasteiger partial charge in [0.25, 0.3) is 0 Å². The summed E-state index contributed by atoms with van der Waals surface area (Å²) in [5.41, 5.74) is 2.39. The summed E-state index contributed by atoms with van der Waals surface area (Å²) in [5.74, 6) is -0.652. The van der Waals surface area contributed by atoms with Crippen molar-refractivity contribution in [1.82, 2.24) is 0 Å². The van der Waals surface area contributed by atoms with E-state index < -0.39 is 5.97 Å². The number of rotatable bonds is 4. The lowest BCUT2D eigenvalue weighted by Gasteiger charge is -2.08. The highest BCUT2D eigenvalue weighted by atomic mass is 35.5. The fourth-order valence-electron chi connectivity index (χ4n) is 0.992. The molecule has 1 aromatic carbocycles. The maximum absolute atomic E-state index is 10.8. The van der Waals surface area contributed by atoms with Gasteiger partial charge < -0.3 is 9.84 Å². The van der Waals surface area contributed by atoms with Crippen molar-refractivity contribution in [2.24, 2.45) is 0 Å². The van der Waals surface area contributed by atoms with Crippen LogP contribution >= 0.6 is 11.6 Å². The summed E-state index contributed by atoms with van der Waals surface area (Å²) in [6.45, 7) is 2.09. The molecule has 0 saturated heterocycles. The van der Waals surface area contributed by atoms with Crippen molar-refractivity contribution < 1.29 is 14.6 Å². The maximum atomic E-state index is 10.8. The average Bonchev–Trinajstić information content (AvgIpc) is 2.26. The predicted octanol–water partition coefficient (Wildman–Crippen LogP) is 2.91. The van der Waals surface area contributed by atoms with Gasteiger partial charge in [-0.15, -0.1) is 0 Å². The first-order valence-electron chi connectivity index (χ1n) is 4.36. The van der Waals surface area contributed by atoms with E-state index in [1.165, 1.54) is 11.6 Å². The molecule has 1 N–H and O–H groups in total. The summed E-state index contributed by atoms with van der Waals surface area (Å²) >= 11 is 5.46. The zero-order chi connectivity index (χ0) is 11.3. The number of carbonyl (C=O) groups is 1. The highest BCUT2D eigenvalue weighted by Gasteiger charge is 2.09. The second-order valence-electron chi connectivity index (χ2n) is 3.05. The summed E-state index contributed by atoms with van der Waals surface area (Å²) < 4.78 is 5.32. The zero-order valence-electron chi connectivity index (χ0n) is 8.24. The minimum atomic E-state index is -1.00. The Balaban J connectivity index is 2.80.